The van der Waals surface area contributed by atoms with Gasteiger partial charge in [-0.2, -0.15) is 0 Å². The lowest BCUT2D eigenvalue weighted by atomic mass is 10.1. The van der Waals surface area contributed by atoms with Crippen LogP contribution in [0.3, 0.4) is 0 Å². The van der Waals surface area contributed by atoms with E-state index < -0.39 is 21.7 Å². The van der Waals surface area contributed by atoms with Gasteiger partial charge in [0.1, 0.15) is 10.8 Å². The predicted octanol–water partition coefficient (Wildman–Crippen LogP) is 3.36. The number of hydrogen-bond acceptors (Lipinski definition) is 7. The molecule has 0 fully saturated rings. The highest BCUT2D eigenvalue weighted by molar-refractivity contribution is 7.90. The number of methoxy groups -OCH3 is 1. The minimum absolute atomic E-state index is 0.0242. The highest BCUT2D eigenvalue weighted by atomic mass is 32.2. The average molecular weight is 450 g/mol. The van der Waals surface area contributed by atoms with Crippen molar-refractivity contribution in [2.24, 2.45) is 0 Å². The van der Waals surface area contributed by atoms with Gasteiger partial charge in [0.25, 0.3) is 0 Å². The van der Waals surface area contributed by atoms with Crippen molar-refractivity contribution in [2.75, 3.05) is 24.8 Å². The van der Waals surface area contributed by atoms with E-state index in [9.17, 15) is 18.0 Å². The predicted molar refractivity (Wildman–Crippen MR) is 117 cm³/mol. The third-order valence-electron chi connectivity index (χ3n) is 4.62. The molecular weight excluding hydrogens is 426 g/mol. The molecule has 0 radical (unpaired) electrons. The molecule has 1 aliphatic heterocycles. The first-order chi connectivity index (χ1) is 14.2. The molecule has 0 atom stereocenters. The number of ether oxygens (including phenoxy) is 2. The number of thiophene rings is 1. The Morgan fingerprint density at radius 1 is 1.30 bits per heavy atom. The number of fused-ring (bicyclic) bond motifs is 1. The Labute approximate surface area is 179 Å². The van der Waals surface area contributed by atoms with Gasteiger partial charge in [-0.25, -0.2) is 13.2 Å². The molecular formula is C21H23NO6S2. The average Bonchev–Trinajstić information content (AvgIpc) is 3.02. The number of aryl methyl sites for hydroxylation is 1. The Balaban J connectivity index is 1.89. The van der Waals surface area contributed by atoms with E-state index >= 15 is 0 Å². The van der Waals surface area contributed by atoms with E-state index in [1.807, 2.05) is 25.1 Å². The zero-order valence-corrected chi connectivity index (χ0v) is 18.6. The van der Waals surface area contributed by atoms with E-state index in [0.29, 0.717) is 21.2 Å². The first-order valence-electron chi connectivity index (χ1n) is 9.40. The van der Waals surface area contributed by atoms with Gasteiger partial charge in [0.15, 0.2) is 9.84 Å². The van der Waals surface area contributed by atoms with Crippen molar-refractivity contribution in [1.82, 2.24) is 0 Å². The number of carbonyl (C=O) groups excluding carboxylic acids is 2. The van der Waals surface area contributed by atoms with Crippen LogP contribution in [0, 0.1) is 6.92 Å². The number of benzene rings is 1. The van der Waals surface area contributed by atoms with Crippen LogP contribution < -0.4 is 10.1 Å². The van der Waals surface area contributed by atoms with Crippen LogP contribution in [0.15, 0.2) is 24.3 Å². The molecule has 0 saturated heterocycles. The highest BCUT2D eigenvalue weighted by Crippen LogP contribution is 2.38. The fourth-order valence-corrected chi connectivity index (χ4v) is 6.27. The van der Waals surface area contributed by atoms with Crippen molar-refractivity contribution in [1.29, 1.82) is 0 Å². The molecule has 3 rings (SSSR count). The molecule has 2 heterocycles. The van der Waals surface area contributed by atoms with Crippen molar-refractivity contribution < 1.29 is 27.5 Å². The summed E-state index contributed by atoms with van der Waals surface area (Å²) in [7, 11) is -1.65. The molecule has 9 heteroatoms. The third-order valence-corrected chi connectivity index (χ3v) is 7.51. The lowest BCUT2D eigenvalue weighted by Crippen LogP contribution is -2.20. The Kier molecular flexibility index (Phi) is 6.62. The maximum absolute atomic E-state index is 12.5. The first-order valence-corrected chi connectivity index (χ1v) is 12.0. The molecule has 2 aromatic rings. The molecule has 1 N–H and O–H groups in total. The van der Waals surface area contributed by atoms with Crippen molar-refractivity contribution in [3.8, 4) is 5.75 Å². The maximum Gasteiger partial charge on any atom is 0.341 e. The summed E-state index contributed by atoms with van der Waals surface area (Å²) < 4.78 is 34.4. The molecule has 1 aliphatic rings. The summed E-state index contributed by atoms with van der Waals surface area (Å²) in [4.78, 5) is 25.6. The molecule has 7 nitrogen and oxygen atoms in total. The van der Waals surface area contributed by atoms with Crippen LogP contribution in [0.2, 0.25) is 0 Å². The normalized spacial score (nSPS) is 14.9. The van der Waals surface area contributed by atoms with E-state index in [-0.39, 0.29) is 30.1 Å². The van der Waals surface area contributed by atoms with Gasteiger partial charge in [-0.3, -0.25) is 4.79 Å². The summed E-state index contributed by atoms with van der Waals surface area (Å²) in [6.07, 6.45) is 3.21. The van der Waals surface area contributed by atoms with Crippen molar-refractivity contribution in [2.45, 2.75) is 26.0 Å². The quantitative estimate of drug-likeness (QED) is 0.536. The molecule has 160 valence electrons. The second-order valence-corrected chi connectivity index (χ2v) is 10.1. The molecule has 0 aliphatic carbocycles. The van der Waals surface area contributed by atoms with Crippen LogP contribution >= 0.6 is 11.3 Å². The van der Waals surface area contributed by atoms with E-state index in [1.54, 1.807) is 20.1 Å². The molecule has 1 aromatic heterocycles. The van der Waals surface area contributed by atoms with E-state index in [4.69, 9.17) is 9.47 Å². The topological polar surface area (TPSA) is 98.8 Å². The number of anilines is 1. The number of nitrogens with one attached hydrogen (secondary N) is 1. The van der Waals surface area contributed by atoms with Crippen LogP contribution in [0.4, 0.5) is 5.00 Å². The van der Waals surface area contributed by atoms with Crippen LogP contribution in [-0.2, 0) is 31.5 Å². The minimum atomic E-state index is -3.21. The Hall–Kier alpha value is -2.65. The number of amides is 1. The van der Waals surface area contributed by atoms with Crippen molar-refractivity contribution >= 4 is 44.1 Å². The zero-order valence-electron chi connectivity index (χ0n) is 17.0. The van der Waals surface area contributed by atoms with E-state index in [1.165, 1.54) is 6.08 Å². The van der Waals surface area contributed by atoms with Crippen LogP contribution in [-0.4, -0.2) is 39.8 Å². The minimum Gasteiger partial charge on any atom is -0.496 e. The number of esters is 1. The summed E-state index contributed by atoms with van der Waals surface area (Å²) in [6.45, 7) is 3.81. The van der Waals surface area contributed by atoms with Gasteiger partial charge in [-0.05, 0) is 44.0 Å². The second kappa shape index (κ2) is 9.01. The smallest absolute Gasteiger partial charge is 0.341 e. The molecule has 0 saturated carbocycles. The van der Waals surface area contributed by atoms with E-state index in [2.05, 4.69) is 5.32 Å². The molecule has 1 aromatic carbocycles. The van der Waals surface area contributed by atoms with Crippen LogP contribution in [0.1, 0.15) is 38.8 Å². The van der Waals surface area contributed by atoms with Crippen LogP contribution in [0.5, 0.6) is 5.75 Å². The summed E-state index contributed by atoms with van der Waals surface area (Å²) in [6, 6.07) is 5.62. The first kappa shape index (κ1) is 22.0. The summed E-state index contributed by atoms with van der Waals surface area (Å²) in [5.74, 6) is -0.525. The molecule has 1 amide bonds. The van der Waals surface area contributed by atoms with Gasteiger partial charge in [0.2, 0.25) is 5.91 Å². The molecule has 0 bridgehead atoms. The number of carbonyl (C=O) groups is 2. The standard InChI is InChI=1S/C21H23NO6S2/c1-4-28-21(24)19-15-9-10-30(25,26)12-17(15)29-20(19)22-18(23)8-6-14-11-13(2)5-7-16(14)27-3/h5-8,11H,4,9-10,12H2,1-3H3,(H,22,23)/b8-6+. The third kappa shape index (κ3) is 4.91. The zero-order chi connectivity index (χ0) is 21.9. The summed E-state index contributed by atoms with van der Waals surface area (Å²) >= 11 is 1.11. The van der Waals surface area contributed by atoms with Gasteiger partial charge >= 0.3 is 5.97 Å². The number of hydrogen-bond donors (Lipinski definition) is 1. The SMILES string of the molecule is CCOC(=O)c1c(NC(=O)/C=C/c2cc(C)ccc2OC)sc2c1CCS(=O)(=O)C2. The van der Waals surface area contributed by atoms with Gasteiger partial charge in [-0.15, -0.1) is 11.3 Å². The Morgan fingerprint density at radius 3 is 2.77 bits per heavy atom. The molecule has 30 heavy (non-hydrogen) atoms. The van der Waals surface area contributed by atoms with Gasteiger partial charge in [0.05, 0.1) is 30.8 Å². The van der Waals surface area contributed by atoms with Gasteiger partial charge in [-0.1, -0.05) is 11.6 Å². The Morgan fingerprint density at radius 2 is 2.07 bits per heavy atom. The lowest BCUT2D eigenvalue weighted by Gasteiger charge is -2.13. The molecule has 0 unspecified atom stereocenters. The largest absolute Gasteiger partial charge is 0.496 e. The van der Waals surface area contributed by atoms with E-state index in [0.717, 1.165) is 22.5 Å². The fraction of sp³-hybridized carbons (Fsp3) is 0.333. The number of rotatable bonds is 6. The summed E-state index contributed by atoms with van der Waals surface area (Å²) in [5.41, 5.74) is 2.66. The Bertz CT molecular complexity index is 1110. The lowest BCUT2D eigenvalue weighted by molar-refractivity contribution is -0.111. The maximum atomic E-state index is 12.5. The number of sulfone groups is 1. The van der Waals surface area contributed by atoms with Crippen LogP contribution in [0.25, 0.3) is 6.08 Å². The fourth-order valence-electron chi connectivity index (χ4n) is 3.23. The van der Waals surface area contributed by atoms with Crippen molar-refractivity contribution in [3.05, 3.63) is 51.4 Å². The van der Waals surface area contributed by atoms with Gasteiger partial charge in [0, 0.05) is 16.5 Å². The summed E-state index contributed by atoms with van der Waals surface area (Å²) in [5, 5.41) is 3.02. The molecule has 0 spiro atoms. The highest BCUT2D eigenvalue weighted by Gasteiger charge is 2.31. The van der Waals surface area contributed by atoms with Crippen molar-refractivity contribution in [3.63, 3.8) is 0 Å². The monoisotopic (exact) mass is 449 g/mol. The van der Waals surface area contributed by atoms with Gasteiger partial charge < -0.3 is 14.8 Å². The second-order valence-electron chi connectivity index (χ2n) is 6.84.